The number of hydrogen-bond donors (Lipinski definition) is 0. The highest BCUT2D eigenvalue weighted by atomic mass is 35.5. The SMILES string of the molecule is COc1ccc(C(=O)Cl)c(Sc2ccc3c4c5c(ccc24)C=CCC5C=C3)c1. The molecule has 0 spiro atoms. The summed E-state index contributed by atoms with van der Waals surface area (Å²) in [5.74, 6) is 1.14. The zero-order valence-electron chi connectivity index (χ0n) is 15.2. The van der Waals surface area contributed by atoms with Crippen molar-refractivity contribution in [2.45, 2.75) is 22.1 Å². The molecule has 5 rings (SSSR count). The van der Waals surface area contributed by atoms with Crippen LogP contribution in [0.5, 0.6) is 5.75 Å². The summed E-state index contributed by atoms with van der Waals surface area (Å²) in [6.07, 6.45) is 10.1. The van der Waals surface area contributed by atoms with E-state index in [1.54, 1.807) is 31.0 Å². The molecule has 0 amide bonds. The third-order valence-electron chi connectivity index (χ3n) is 5.43. The average molecular weight is 405 g/mol. The van der Waals surface area contributed by atoms with Crippen LogP contribution in [0.15, 0.2) is 64.4 Å². The van der Waals surface area contributed by atoms with Gasteiger partial charge in [0.1, 0.15) is 5.75 Å². The van der Waals surface area contributed by atoms with Crippen LogP contribution < -0.4 is 4.74 Å². The molecule has 1 atom stereocenters. The van der Waals surface area contributed by atoms with Crippen molar-refractivity contribution in [2.75, 3.05) is 7.11 Å². The molecule has 2 nitrogen and oxygen atoms in total. The second-order valence-electron chi connectivity index (χ2n) is 6.99. The van der Waals surface area contributed by atoms with E-state index in [-0.39, 0.29) is 0 Å². The lowest BCUT2D eigenvalue weighted by molar-refractivity contribution is 0.107. The molecule has 0 N–H and O–H groups in total. The molecule has 0 saturated heterocycles. The van der Waals surface area contributed by atoms with E-state index in [1.165, 1.54) is 27.5 Å². The Balaban J connectivity index is 1.70. The van der Waals surface area contributed by atoms with Crippen LogP contribution in [-0.4, -0.2) is 12.4 Å². The average Bonchev–Trinajstić information content (AvgIpc) is 2.72. The molecule has 0 heterocycles. The second kappa shape index (κ2) is 6.84. The largest absolute Gasteiger partial charge is 0.497 e. The van der Waals surface area contributed by atoms with E-state index >= 15 is 0 Å². The summed E-state index contributed by atoms with van der Waals surface area (Å²) in [5.41, 5.74) is 4.46. The Bertz CT molecular complexity index is 1190. The van der Waals surface area contributed by atoms with Crippen LogP contribution in [0.3, 0.4) is 0 Å². The maximum absolute atomic E-state index is 11.9. The topological polar surface area (TPSA) is 26.3 Å². The van der Waals surface area contributed by atoms with E-state index < -0.39 is 5.24 Å². The van der Waals surface area contributed by atoms with Crippen LogP contribution >= 0.6 is 23.4 Å². The molecular weight excluding hydrogens is 388 g/mol. The minimum absolute atomic E-state index is 0.438. The Labute approximate surface area is 172 Å². The van der Waals surface area contributed by atoms with Crippen LogP contribution in [0, 0.1) is 0 Å². The van der Waals surface area contributed by atoms with Crippen molar-refractivity contribution in [3.8, 4) is 5.75 Å². The van der Waals surface area contributed by atoms with Crippen LogP contribution in [0.25, 0.3) is 22.9 Å². The zero-order chi connectivity index (χ0) is 19.3. The Morgan fingerprint density at radius 3 is 2.75 bits per heavy atom. The van der Waals surface area contributed by atoms with Gasteiger partial charge in [-0.05, 0) is 69.8 Å². The second-order valence-corrected chi connectivity index (χ2v) is 8.41. The molecule has 4 heteroatoms. The number of ether oxygens (including phenoxy) is 1. The number of allylic oxidation sites excluding steroid dienone is 2. The first-order valence-corrected chi connectivity index (χ1v) is 10.4. The molecule has 0 bridgehead atoms. The summed E-state index contributed by atoms with van der Waals surface area (Å²) < 4.78 is 5.35. The number of halogens is 1. The number of carbonyl (C=O) groups is 1. The number of benzene rings is 3. The smallest absolute Gasteiger partial charge is 0.253 e. The number of rotatable bonds is 4. The summed E-state index contributed by atoms with van der Waals surface area (Å²) in [5, 5.41) is 2.07. The fraction of sp³-hybridized carbons (Fsp3) is 0.125. The monoisotopic (exact) mass is 404 g/mol. The lowest BCUT2D eigenvalue weighted by Crippen LogP contribution is -2.06. The molecule has 0 fully saturated rings. The zero-order valence-corrected chi connectivity index (χ0v) is 16.8. The van der Waals surface area contributed by atoms with Crippen molar-refractivity contribution in [3.05, 3.63) is 76.9 Å². The third kappa shape index (κ3) is 2.78. The van der Waals surface area contributed by atoms with Crippen LogP contribution in [0.4, 0.5) is 0 Å². The predicted octanol–water partition coefficient (Wildman–Crippen LogP) is 6.91. The van der Waals surface area contributed by atoms with Crippen molar-refractivity contribution in [1.29, 1.82) is 0 Å². The molecule has 1 unspecified atom stereocenters. The Morgan fingerprint density at radius 2 is 1.93 bits per heavy atom. The molecule has 0 aromatic heterocycles. The van der Waals surface area contributed by atoms with Gasteiger partial charge in [-0.25, -0.2) is 0 Å². The lowest BCUT2D eigenvalue weighted by atomic mass is 9.79. The normalized spacial score (nSPS) is 16.4. The fourth-order valence-corrected chi connectivity index (χ4v) is 5.43. The molecule has 0 aliphatic heterocycles. The van der Waals surface area contributed by atoms with E-state index in [0.717, 1.165) is 16.2 Å². The molecule has 28 heavy (non-hydrogen) atoms. The van der Waals surface area contributed by atoms with Gasteiger partial charge in [-0.3, -0.25) is 4.79 Å². The predicted molar refractivity (Wildman–Crippen MR) is 117 cm³/mol. The van der Waals surface area contributed by atoms with Gasteiger partial charge in [0.05, 0.1) is 7.11 Å². The van der Waals surface area contributed by atoms with Gasteiger partial charge in [-0.1, -0.05) is 54.3 Å². The Hall–Kier alpha value is -2.49. The molecule has 0 saturated carbocycles. The summed E-state index contributed by atoms with van der Waals surface area (Å²) >= 11 is 7.39. The van der Waals surface area contributed by atoms with Gasteiger partial charge < -0.3 is 4.74 Å². The highest BCUT2D eigenvalue weighted by molar-refractivity contribution is 7.99. The van der Waals surface area contributed by atoms with Crippen molar-refractivity contribution >= 4 is 51.5 Å². The lowest BCUT2D eigenvalue weighted by Gasteiger charge is -2.26. The number of hydrogen-bond acceptors (Lipinski definition) is 3. The van der Waals surface area contributed by atoms with Gasteiger partial charge in [0, 0.05) is 21.3 Å². The van der Waals surface area contributed by atoms with Crippen molar-refractivity contribution < 1.29 is 9.53 Å². The Morgan fingerprint density at radius 1 is 1.07 bits per heavy atom. The van der Waals surface area contributed by atoms with E-state index in [1.807, 2.05) is 6.07 Å². The van der Waals surface area contributed by atoms with Crippen molar-refractivity contribution in [1.82, 2.24) is 0 Å². The Kier molecular flexibility index (Phi) is 4.30. The third-order valence-corrected chi connectivity index (χ3v) is 6.77. The first-order valence-electron chi connectivity index (χ1n) is 9.16. The van der Waals surface area contributed by atoms with E-state index in [9.17, 15) is 4.79 Å². The van der Waals surface area contributed by atoms with Gasteiger partial charge in [-0.15, -0.1) is 0 Å². The van der Waals surface area contributed by atoms with Crippen molar-refractivity contribution in [3.63, 3.8) is 0 Å². The fourth-order valence-electron chi connectivity index (χ4n) is 4.11. The van der Waals surface area contributed by atoms with Crippen LogP contribution in [-0.2, 0) is 0 Å². The van der Waals surface area contributed by atoms with Gasteiger partial charge >= 0.3 is 0 Å². The highest BCUT2D eigenvalue weighted by Gasteiger charge is 2.23. The summed E-state index contributed by atoms with van der Waals surface area (Å²) in [6.45, 7) is 0. The van der Waals surface area contributed by atoms with Gasteiger partial charge in [0.2, 0.25) is 0 Å². The van der Waals surface area contributed by atoms with Crippen LogP contribution in [0.2, 0.25) is 0 Å². The quantitative estimate of drug-likeness (QED) is 0.442. The first kappa shape index (κ1) is 17.6. The molecule has 138 valence electrons. The molecule has 2 aliphatic carbocycles. The maximum Gasteiger partial charge on any atom is 0.253 e. The van der Waals surface area contributed by atoms with E-state index in [0.29, 0.717) is 17.2 Å². The van der Waals surface area contributed by atoms with Crippen LogP contribution in [0.1, 0.15) is 39.4 Å². The van der Waals surface area contributed by atoms with Gasteiger partial charge in [0.15, 0.2) is 0 Å². The molecule has 3 aromatic carbocycles. The van der Waals surface area contributed by atoms with E-state index in [4.69, 9.17) is 16.3 Å². The summed E-state index contributed by atoms with van der Waals surface area (Å²) in [7, 11) is 1.62. The minimum atomic E-state index is -0.460. The molecule has 3 aromatic rings. The van der Waals surface area contributed by atoms with Crippen molar-refractivity contribution in [2.24, 2.45) is 0 Å². The number of methoxy groups -OCH3 is 1. The summed E-state index contributed by atoms with van der Waals surface area (Å²) in [4.78, 5) is 13.8. The molecular formula is C24H17ClO2S. The van der Waals surface area contributed by atoms with E-state index in [2.05, 4.69) is 48.6 Å². The standard InChI is InChI=1S/C24H17ClO2S/c1-27-17-9-11-19(24(25)26)21(13-17)28-20-12-8-16-6-5-14-3-2-4-15-7-10-18(20)23(16)22(14)15/h2,4-14H,3H2,1H3. The summed E-state index contributed by atoms with van der Waals surface area (Å²) in [6, 6.07) is 14.0. The molecule has 0 radical (unpaired) electrons. The number of carbonyl (C=O) groups excluding carboxylic acids is 1. The molecule has 2 aliphatic rings. The van der Waals surface area contributed by atoms with Gasteiger partial charge in [0.25, 0.3) is 5.24 Å². The highest BCUT2D eigenvalue weighted by Crippen LogP contribution is 2.45. The maximum atomic E-state index is 11.9. The van der Waals surface area contributed by atoms with Gasteiger partial charge in [-0.2, -0.15) is 0 Å². The first-order chi connectivity index (χ1) is 13.7. The minimum Gasteiger partial charge on any atom is -0.497 e.